The molecule has 0 radical (unpaired) electrons. The van der Waals surface area contributed by atoms with E-state index in [0.29, 0.717) is 38.0 Å². The SMILES string of the molecule is CC(=O)Nc1ccc(SC[C@H]2C[C@@H](c3ccc(CO)cc3)O[C@@H](c3cccc(-c4cccc(CNC(=O)CCCCC(=O)NO)c4)c3)O2)cc1. The van der Waals surface area contributed by atoms with E-state index < -0.39 is 12.2 Å². The molecule has 0 unspecified atom stereocenters. The number of aliphatic hydroxyl groups excluding tert-OH is 1. The Labute approximate surface area is 296 Å². The molecule has 262 valence electrons. The maximum atomic E-state index is 12.4. The number of hydrogen-bond acceptors (Lipinski definition) is 8. The summed E-state index contributed by atoms with van der Waals surface area (Å²) in [6.07, 6.45) is 1.29. The summed E-state index contributed by atoms with van der Waals surface area (Å²) in [6, 6.07) is 31.7. The van der Waals surface area contributed by atoms with Gasteiger partial charge in [-0.1, -0.05) is 60.7 Å². The number of ether oxygens (including phenoxy) is 2. The van der Waals surface area contributed by atoms with E-state index in [1.807, 2.05) is 84.9 Å². The molecule has 1 aliphatic heterocycles. The minimum Gasteiger partial charge on any atom is -0.392 e. The zero-order valence-electron chi connectivity index (χ0n) is 28.0. The predicted octanol–water partition coefficient (Wildman–Crippen LogP) is 6.82. The molecule has 5 rings (SSSR count). The van der Waals surface area contributed by atoms with Crippen LogP contribution in [0.2, 0.25) is 0 Å². The summed E-state index contributed by atoms with van der Waals surface area (Å²) in [4.78, 5) is 36.0. The first-order valence-corrected chi connectivity index (χ1v) is 17.7. The first-order chi connectivity index (χ1) is 24.3. The molecule has 4 aromatic carbocycles. The fourth-order valence-electron chi connectivity index (χ4n) is 5.69. The number of anilines is 1. The first-order valence-electron chi connectivity index (χ1n) is 16.7. The number of carbonyl (C=O) groups excluding carboxylic acids is 3. The van der Waals surface area contributed by atoms with Gasteiger partial charge in [-0.15, -0.1) is 11.8 Å². The summed E-state index contributed by atoms with van der Waals surface area (Å²) in [7, 11) is 0. The van der Waals surface area contributed by atoms with E-state index in [4.69, 9.17) is 14.7 Å². The third kappa shape index (κ3) is 11.0. The standard InChI is InChI=1S/C39H43N3O7S/c1-26(44)41-33-16-18-35(19-17-33)50-25-34-22-36(29-14-12-27(24-43)13-15-29)49-39(48-34)32-9-5-8-31(21-32)30-7-4-6-28(20-30)23-40-37(45)10-2-3-11-38(46)42-47/h4-9,12-21,34,36,39,43,47H,2-3,10-11,22-25H2,1H3,(H,40,45)(H,41,44)(H,42,46)/t34-,36+,39+/m1/s1. The van der Waals surface area contributed by atoms with E-state index >= 15 is 0 Å². The molecule has 0 aliphatic carbocycles. The van der Waals surface area contributed by atoms with Crippen LogP contribution in [0.5, 0.6) is 0 Å². The molecule has 11 heteroatoms. The molecular formula is C39H43N3O7S. The molecular weight excluding hydrogens is 655 g/mol. The van der Waals surface area contributed by atoms with Crippen LogP contribution in [0, 0.1) is 0 Å². The molecule has 1 heterocycles. The number of amides is 3. The Bertz CT molecular complexity index is 1730. The fourth-order valence-corrected chi connectivity index (χ4v) is 6.61. The number of unbranched alkanes of at least 4 members (excludes halogenated alkanes) is 1. The maximum Gasteiger partial charge on any atom is 0.243 e. The summed E-state index contributed by atoms with van der Waals surface area (Å²) in [6.45, 7) is 1.84. The highest BCUT2D eigenvalue weighted by atomic mass is 32.2. The minimum atomic E-state index is -0.607. The van der Waals surface area contributed by atoms with Crippen LogP contribution in [0.15, 0.2) is 102 Å². The van der Waals surface area contributed by atoms with Crippen molar-refractivity contribution >= 4 is 35.2 Å². The topological polar surface area (TPSA) is 146 Å². The highest BCUT2D eigenvalue weighted by Gasteiger charge is 2.32. The Morgan fingerprint density at radius 3 is 2.20 bits per heavy atom. The number of hydroxylamine groups is 1. The average molecular weight is 698 g/mol. The van der Waals surface area contributed by atoms with Crippen molar-refractivity contribution in [1.82, 2.24) is 10.8 Å². The van der Waals surface area contributed by atoms with Crippen LogP contribution < -0.4 is 16.1 Å². The van der Waals surface area contributed by atoms with Crippen molar-refractivity contribution in [1.29, 1.82) is 0 Å². The van der Waals surface area contributed by atoms with Gasteiger partial charge in [-0.3, -0.25) is 19.6 Å². The predicted molar refractivity (Wildman–Crippen MR) is 192 cm³/mol. The third-order valence-corrected chi connectivity index (χ3v) is 9.46. The second kappa shape index (κ2) is 18.5. The summed E-state index contributed by atoms with van der Waals surface area (Å²) in [5.74, 6) is 0.0467. The van der Waals surface area contributed by atoms with Crippen molar-refractivity contribution in [2.45, 2.75) is 75.6 Å². The Morgan fingerprint density at radius 1 is 0.800 bits per heavy atom. The van der Waals surface area contributed by atoms with Crippen molar-refractivity contribution in [3.8, 4) is 11.1 Å². The fraction of sp³-hybridized carbons (Fsp3) is 0.308. The molecule has 0 bridgehead atoms. The number of aliphatic hydroxyl groups is 1. The molecule has 4 aromatic rings. The van der Waals surface area contributed by atoms with Gasteiger partial charge >= 0.3 is 0 Å². The first kappa shape index (κ1) is 36.8. The van der Waals surface area contributed by atoms with Gasteiger partial charge in [0.05, 0.1) is 18.8 Å². The largest absolute Gasteiger partial charge is 0.392 e. The van der Waals surface area contributed by atoms with Crippen molar-refractivity contribution in [2.75, 3.05) is 11.1 Å². The van der Waals surface area contributed by atoms with Gasteiger partial charge in [-0.25, -0.2) is 5.48 Å². The van der Waals surface area contributed by atoms with E-state index in [0.717, 1.165) is 44.0 Å². The molecule has 50 heavy (non-hydrogen) atoms. The van der Waals surface area contributed by atoms with E-state index in [9.17, 15) is 19.5 Å². The molecule has 10 nitrogen and oxygen atoms in total. The zero-order chi connectivity index (χ0) is 35.3. The van der Waals surface area contributed by atoms with Gasteiger partial charge < -0.3 is 25.2 Å². The smallest absolute Gasteiger partial charge is 0.243 e. The Balaban J connectivity index is 1.26. The number of rotatable bonds is 15. The van der Waals surface area contributed by atoms with E-state index in [1.165, 1.54) is 6.92 Å². The van der Waals surface area contributed by atoms with Gasteiger partial charge in [-0.2, -0.15) is 0 Å². The number of benzene rings is 4. The summed E-state index contributed by atoms with van der Waals surface area (Å²) >= 11 is 1.69. The number of nitrogens with one attached hydrogen (secondary N) is 3. The Hall–Kier alpha value is -4.52. The van der Waals surface area contributed by atoms with Gasteiger partial charge in [0.1, 0.15) is 0 Å². The quantitative estimate of drug-likeness (QED) is 0.0394. The monoisotopic (exact) mass is 697 g/mol. The highest BCUT2D eigenvalue weighted by Crippen LogP contribution is 2.40. The highest BCUT2D eigenvalue weighted by molar-refractivity contribution is 7.99. The second-order valence-corrected chi connectivity index (χ2v) is 13.3. The van der Waals surface area contributed by atoms with Crippen LogP contribution in [0.25, 0.3) is 11.1 Å². The van der Waals surface area contributed by atoms with E-state index in [2.05, 4.69) is 22.8 Å². The lowest BCUT2D eigenvalue weighted by Crippen LogP contribution is -2.31. The van der Waals surface area contributed by atoms with Crippen molar-refractivity contribution in [2.24, 2.45) is 0 Å². The van der Waals surface area contributed by atoms with Crippen LogP contribution in [0.1, 0.15) is 73.7 Å². The molecule has 1 saturated heterocycles. The van der Waals surface area contributed by atoms with Gasteiger partial charge in [-0.05, 0) is 77.1 Å². The van der Waals surface area contributed by atoms with Gasteiger partial charge in [0.15, 0.2) is 6.29 Å². The lowest BCUT2D eigenvalue weighted by atomic mass is 9.99. The molecule has 0 aromatic heterocycles. The van der Waals surface area contributed by atoms with Crippen LogP contribution in [0.3, 0.4) is 0 Å². The maximum absolute atomic E-state index is 12.4. The molecule has 0 spiro atoms. The summed E-state index contributed by atoms with van der Waals surface area (Å²) in [5.41, 5.74) is 8.05. The Kier molecular flexibility index (Phi) is 13.6. The van der Waals surface area contributed by atoms with Crippen molar-refractivity contribution in [3.05, 3.63) is 119 Å². The zero-order valence-corrected chi connectivity index (χ0v) is 28.8. The van der Waals surface area contributed by atoms with Crippen molar-refractivity contribution in [3.63, 3.8) is 0 Å². The third-order valence-electron chi connectivity index (χ3n) is 8.32. The summed E-state index contributed by atoms with van der Waals surface area (Å²) < 4.78 is 13.2. The van der Waals surface area contributed by atoms with Crippen molar-refractivity contribution < 1.29 is 34.2 Å². The van der Waals surface area contributed by atoms with Gasteiger partial charge in [0.25, 0.3) is 0 Å². The van der Waals surface area contributed by atoms with Crippen LogP contribution in [-0.2, 0) is 37.0 Å². The van der Waals surface area contributed by atoms with Crippen LogP contribution >= 0.6 is 11.8 Å². The minimum absolute atomic E-state index is 0.0225. The molecule has 0 saturated carbocycles. The lowest BCUT2D eigenvalue weighted by molar-refractivity contribution is -0.245. The normalized spacial score (nSPS) is 17.1. The van der Waals surface area contributed by atoms with Gasteiger partial charge in [0, 0.05) is 54.6 Å². The Morgan fingerprint density at radius 2 is 1.50 bits per heavy atom. The summed E-state index contributed by atoms with van der Waals surface area (Å²) in [5, 5.41) is 23.9. The average Bonchev–Trinajstić information content (AvgIpc) is 3.15. The second-order valence-electron chi connectivity index (χ2n) is 12.2. The molecule has 5 N–H and O–H groups in total. The molecule has 1 fully saturated rings. The van der Waals surface area contributed by atoms with Crippen LogP contribution in [-0.4, -0.2) is 39.9 Å². The number of hydrogen-bond donors (Lipinski definition) is 5. The molecule has 3 amide bonds. The lowest BCUT2D eigenvalue weighted by Gasteiger charge is -2.36. The molecule has 1 aliphatic rings. The molecule has 3 atom stereocenters. The van der Waals surface area contributed by atoms with E-state index in [1.54, 1.807) is 17.2 Å². The van der Waals surface area contributed by atoms with E-state index in [-0.39, 0.29) is 37.0 Å². The van der Waals surface area contributed by atoms with Crippen LogP contribution in [0.4, 0.5) is 5.69 Å². The number of thioether (sulfide) groups is 1. The number of carbonyl (C=O) groups is 3. The van der Waals surface area contributed by atoms with Gasteiger partial charge in [0.2, 0.25) is 17.7 Å².